The summed E-state index contributed by atoms with van der Waals surface area (Å²) in [5.74, 6) is 0.0152. The number of nitrogens with one attached hydrogen (secondary N) is 1. The molecular weight excluding hydrogens is 496 g/mol. The molecule has 0 spiro atoms. The number of ether oxygens (including phenoxy) is 3. The predicted molar refractivity (Wildman–Crippen MR) is 150 cm³/mol. The van der Waals surface area contributed by atoms with E-state index in [0.29, 0.717) is 24.4 Å². The molecule has 9 heteroatoms. The summed E-state index contributed by atoms with van der Waals surface area (Å²) in [6.45, 7) is 1.10. The van der Waals surface area contributed by atoms with Crippen LogP contribution in [0.25, 0.3) is 33.3 Å². The van der Waals surface area contributed by atoms with Gasteiger partial charge in [-0.3, -0.25) is 4.79 Å². The summed E-state index contributed by atoms with van der Waals surface area (Å²) in [6.07, 6.45) is 6.55. The molecule has 1 amide bonds. The number of carbonyl (C=O) groups excluding carboxylic acids is 2. The summed E-state index contributed by atoms with van der Waals surface area (Å²) in [6, 6.07) is 15.3. The molecule has 1 N–H and O–H groups in total. The van der Waals surface area contributed by atoms with Gasteiger partial charge >= 0.3 is 5.97 Å². The quantitative estimate of drug-likeness (QED) is 0.255. The van der Waals surface area contributed by atoms with Crippen LogP contribution in [-0.4, -0.2) is 73.5 Å². The highest BCUT2D eigenvalue weighted by Crippen LogP contribution is 2.37. The minimum absolute atomic E-state index is 0.00937. The fourth-order valence-electron chi connectivity index (χ4n) is 5.05. The smallest absolute Gasteiger partial charge is 0.349 e. The van der Waals surface area contributed by atoms with Gasteiger partial charge in [0.05, 0.1) is 38.1 Å². The van der Waals surface area contributed by atoms with Crippen LogP contribution in [0.3, 0.4) is 0 Å². The molecular formula is C30H30N4O5. The van der Waals surface area contributed by atoms with Crippen molar-refractivity contribution in [2.75, 3.05) is 34.5 Å². The van der Waals surface area contributed by atoms with Crippen molar-refractivity contribution >= 4 is 34.8 Å². The largest absolute Gasteiger partial charge is 0.496 e. The Labute approximate surface area is 226 Å². The van der Waals surface area contributed by atoms with Crippen LogP contribution in [0.15, 0.2) is 65.9 Å². The third-order valence-corrected chi connectivity index (χ3v) is 7.00. The van der Waals surface area contributed by atoms with E-state index in [9.17, 15) is 9.59 Å². The van der Waals surface area contributed by atoms with Gasteiger partial charge in [-0.1, -0.05) is 24.3 Å². The number of rotatable bonds is 8. The number of benzene rings is 2. The predicted octanol–water partition coefficient (Wildman–Crippen LogP) is 5.03. The van der Waals surface area contributed by atoms with Gasteiger partial charge in [-0.2, -0.15) is 0 Å². The van der Waals surface area contributed by atoms with Crippen molar-refractivity contribution in [2.24, 2.45) is 4.99 Å². The zero-order valence-corrected chi connectivity index (χ0v) is 22.1. The van der Waals surface area contributed by atoms with Gasteiger partial charge in [0.15, 0.2) is 0 Å². The molecule has 200 valence electrons. The van der Waals surface area contributed by atoms with E-state index < -0.39 is 5.97 Å². The topological polar surface area (TPSA) is 106 Å². The van der Waals surface area contributed by atoms with Gasteiger partial charge < -0.3 is 24.1 Å². The lowest BCUT2D eigenvalue weighted by molar-refractivity contribution is -0.132. The molecule has 1 aliphatic heterocycles. The Bertz CT molecular complexity index is 1540. The average molecular weight is 527 g/mol. The van der Waals surface area contributed by atoms with Crippen molar-refractivity contribution in [2.45, 2.75) is 18.9 Å². The number of H-pyrrole nitrogens is 1. The summed E-state index contributed by atoms with van der Waals surface area (Å²) in [5.41, 5.74) is 5.09. The summed E-state index contributed by atoms with van der Waals surface area (Å²) in [7, 11) is 4.57. The number of pyridine rings is 1. The fraction of sp³-hybridized carbons (Fsp3) is 0.267. The molecule has 4 aromatic rings. The highest BCUT2D eigenvalue weighted by molar-refractivity contribution is 6.24. The minimum atomic E-state index is -0.595. The Hall–Kier alpha value is -4.50. The number of likely N-dealkylation sites (tertiary alicyclic amines) is 1. The van der Waals surface area contributed by atoms with Crippen LogP contribution < -0.4 is 4.74 Å². The maximum Gasteiger partial charge on any atom is 0.349 e. The zero-order chi connectivity index (χ0) is 27.4. The van der Waals surface area contributed by atoms with Gasteiger partial charge in [0.2, 0.25) is 0 Å². The van der Waals surface area contributed by atoms with Crippen molar-refractivity contribution in [3.05, 3.63) is 66.5 Å². The molecule has 0 bridgehead atoms. The second kappa shape index (κ2) is 11.5. The molecule has 2 aromatic heterocycles. The average Bonchev–Trinajstić information content (AvgIpc) is 3.62. The van der Waals surface area contributed by atoms with Gasteiger partial charge in [0.25, 0.3) is 5.91 Å². The Balaban J connectivity index is 1.58. The molecule has 0 unspecified atom stereocenters. The third kappa shape index (κ3) is 5.26. The molecule has 0 aliphatic carbocycles. The monoisotopic (exact) mass is 526 g/mol. The van der Waals surface area contributed by atoms with Gasteiger partial charge in [-0.05, 0) is 42.7 Å². The number of methoxy groups -OCH3 is 3. The number of fused-ring (bicyclic) bond motifs is 1. The van der Waals surface area contributed by atoms with Gasteiger partial charge in [-0.25, -0.2) is 14.8 Å². The first-order chi connectivity index (χ1) is 19.0. The third-order valence-electron chi connectivity index (χ3n) is 7.00. The number of esters is 1. The first kappa shape index (κ1) is 26.1. The zero-order valence-electron chi connectivity index (χ0n) is 22.1. The van der Waals surface area contributed by atoms with Crippen molar-refractivity contribution in [1.29, 1.82) is 0 Å². The first-order valence-electron chi connectivity index (χ1n) is 12.7. The van der Waals surface area contributed by atoms with Crippen LogP contribution in [-0.2, 0) is 14.3 Å². The number of carbonyl (C=O) groups is 2. The molecule has 1 fully saturated rings. The Kier molecular flexibility index (Phi) is 7.69. The van der Waals surface area contributed by atoms with Gasteiger partial charge in [0, 0.05) is 48.1 Å². The molecule has 39 heavy (non-hydrogen) atoms. The normalized spacial score (nSPS) is 15.3. The number of aromatic amines is 1. The summed E-state index contributed by atoms with van der Waals surface area (Å²) >= 11 is 0. The highest BCUT2D eigenvalue weighted by Gasteiger charge is 2.30. The standard InChI is InChI=1S/C30H30N4O5/c1-37-18-21-7-6-12-34(21)30(36)24-13-19(10-11-26(24)31-17-28(35)39-3)20-14-23-25(16-33-29(23)32-15-20)22-8-4-5-9-27(22)38-2/h4-5,8-11,13-17,21H,6-7,12,18H2,1-3H3,(H,32,33)/t21-/m0/s1. The van der Waals surface area contributed by atoms with Crippen molar-refractivity contribution in [3.63, 3.8) is 0 Å². The lowest BCUT2D eigenvalue weighted by Gasteiger charge is -2.25. The molecule has 1 aliphatic rings. The summed E-state index contributed by atoms with van der Waals surface area (Å²) in [4.78, 5) is 39.5. The molecule has 9 nitrogen and oxygen atoms in total. The lowest BCUT2D eigenvalue weighted by Crippen LogP contribution is -2.38. The van der Waals surface area contributed by atoms with Crippen LogP contribution in [0.2, 0.25) is 0 Å². The maximum atomic E-state index is 13.8. The fourth-order valence-corrected chi connectivity index (χ4v) is 5.05. The molecule has 5 rings (SSSR count). The highest BCUT2D eigenvalue weighted by atomic mass is 16.5. The van der Waals surface area contributed by atoms with Crippen LogP contribution in [0.5, 0.6) is 5.75 Å². The lowest BCUT2D eigenvalue weighted by atomic mass is 9.99. The van der Waals surface area contributed by atoms with Crippen molar-refractivity contribution in [3.8, 4) is 28.0 Å². The second-order valence-electron chi connectivity index (χ2n) is 9.29. The van der Waals surface area contributed by atoms with E-state index in [1.54, 1.807) is 26.5 Å². The van der Waals surface area contributed by atoms with E-state index in [1.165, 1.54) is 7.11 Å². The van der Waals surface area contributed by atoms with E-state index in [-0.39, 0.29) is 11.9 Å². The van der Waals surface area contributed by atoms with Crippen molar-refractivity contribution in [1.82, 2.24) is 14.9 Å². The van der Waals surface area contributed by atoms with E-state index >= 15 is 0 Å². The van der Waals surface area contributed by atoms with Crippen LogP contribution >= 0.6 is 0 Å². The SMILES string of the molecule is COC[C@@H]1CCCN1C(=O)c1cc(-c2cnc3[nH]cc(-c4ccccc4OC)c3c2)ccc1N=CC(=O)OC. The van der Waals surface area contributed by atoms with E-state index in [1.807, 2.05) is 53.6 Å². The Morgan fingerprint density at radius 1 is 1.10 bits per heavy atom. The molecule has 0 saturated carbocycles. The number of nitrogens with zero attached hydrogens (tertiary/aromatic N) is 3. The van der Waals surface area contributed by atoms with E-state index in [4.69, 9.17) is 14.2 Å². The minimum Gasteiger partial charge on any atom is -0.496 e. The molecule has 3 heterocycles. The van der Waals surface area contributed by atoms with Crippen molar-refractivity contribution < 1.29 is 23.8 Å². The number of hydrogen-bond donors (Lipinski definition) is 1. The first-order valence-corrected chi connectivity index (χ1v) is 12.7. The Morgan fingerprint density at radius 2 is 1.95 bits per heavy atom. The molecule has 1 atom stereocenters. The molecule has 0 radical (unpaired) electrons. The number of amides is 1. The molecule has 1 saturated heterocycles. The maximum absolute atomic E-state index is 13.8. The van der Waals surface area contributed by atoms with Crippen LogP contribution in [0.4, 0.5) is 5.69 Å². The Morgan fingerprint density at radius 3 is 2.74 bits per heavy atom. The van der Waals surface area contributed by atoms with Gasteiger partial charge in [0.1, 0.15) is 17.6 Å². The number of aromatic nitrogens is 2. The van der Waals surface area contributed by atoms with Crippen LogP contribution in [0, 0.1) is 0 Å². The number of hydrogen-bond acceptors (Lipinski definition) is 7. The van der Waals surface area contributed by atoms with Gasteiger partial charge in [-0.15, -0.1) is 0 Å². The number of aliphatic imine (C=N–C) groups is 1. The summed E-state index contributed by atoms with van der Waals surface area (Å²) in [5, 5.41) is 0.928. The van der Waals surface area contributed by atoms with Crippen LogP contribution in [0.1, 0.15) is 23.2 Å². The van der Waals surface area contributed by atoms with E-state index in [0.717, 1.165) is 58.1 Å². The van der Waals surface area contributed by atoms with E-state index in [2.05, 4.69) is 15.0 Å². The molecule has 2 aromatic carbocycles. The number of para-hydroxylation sites is 1. The summed E-state index contributed by atoms with van der Waals surface area (Å²) < 4.78 is 15.6. The second-order valence-corrected chi connectivity index (χ2v) is 9.29.